The number of hydrogen-bond donors (Lipinski definition) is 0. The largest absolute Gasteiger partial charge is 0.494 e. The molecule has 6 nitrogen and oxygen atoms in total. The van der Waals surface area contributed by atoms with Crippen LogP contribution in [0, 0.1) is 6.92 Å². The van der Waals surface area contributed by atoms with Crippen molar-refractivity contribution in [3.8, 4) is 11.5 Å². The molecule has 26 heavy (non-hydrogen) atoms. The summed E-state index contributed by atoms with van der Waals surface area (Å²) in [7, 11) is 0. The molecule has 0 spiro atoms. The molecule has 1 aliphatic heterocycles. The minimum atomic E-state index is -0.414. The first kappa shape index (κ1) is 18.0. The standard InChI is InChI=1S/C20H23NO5/c1-3-24-16-6-4-15(5-7-16)20(23)21-10-8-17(9-11-21)26-18-12-14(2)25-19(22)13-18/h4-7,12-13,17H,3,8-11H2,1-2H3. The van der Waals surface area contributed by atoms with E-state index in [1.807, 2.05) is 24.0 Å². The second-order valence-corrected chi connectivity index (χ2v) is 6.29. The van der Waals surface area contributed by atoms with E-state index in [1.54, 1.807) is 25.1 Å². The second-order valence-electron chi connectivity index (χ2n) is 6.29. The van der Waals surface area contributed by atoms with Crippen molar-refractivity contribution < 1.29 is 18.7 Å². The Hall–Kier alpha value is -2.76. The highest BCUT2D eigenvalue weighted by atomic mass is 16.5. The third-order valence-electron chi connectivity index (χ3n) is 4.31. The topological polar surface area (TPSA) is 69.0 Å². The summed E-state index contributed by atoms with van der Waals surface area (Å²) in [6.45, 7) is 5.49. The van der Waals surface area contributed by atoms with Crippen molar-refractivity contribution in [1.82, 2.24) is 4.90 Å². The molecule has 2 aromatic rings. The van der Waals surface area contributed by atoms with Crippen LogP contribution in [0.25, 0.3) is 0 Å². The van der Waals surface area contributed by atoms with Crippen LogP contribution < -0.4 is 15.1 Å². The average molecular weight is 357 g/mol. The molecular formula is C20H23NO5. The monoisotopic (exact) mass is 357 g/mol. The van der Waals surface area contributed by atoms with Crippen LogP contribution in [-0.2, 0) is 0 Å². The van der Waals surface area contributed by atoms with Crippen molar-refractivity contribution in [2.75, 3.05) is 19.7 Å². The Morgan fingerprint density at radius 1 is 1.15 bits per heavy atom. The highest BCUT2D eigenvalue weighted by molar-refractivity contribution is 5.94. The lowest BCUT2D eigenvalue weighted by Gasteiger charge is -2.32. The van der Waals surface area contributed by atoms with Crippen LogP contribution in [0.15, 0.2) is 45.6 Å². The normalized spacial score (nSPS) is 14.9. The maximum absolute atomic E-state index is 12.6. The molecule has 2 heterocycles. The van der Waals surface area contributed by atoms with Gasteiger partial charge in [-0.2, -0.15) is 0 Å². The van der Waals surface area contributed by atoms with Gasteiger partial charge in [0, 0.05) is 37.6 Å². The molecule has 0 radical (unpaired) electrons. The van der Waals surface area contributed by atoms with Crippen molar-refractivity contribution in [1.29, 1.82) is 0 Å². The average Bonchev–Trinajstić information content (AvgIpc) is 2.62. The molecule has 0 atom stereocenters. The van der Waals surface area contributed by atoms with Crippen molar-refractivity contribution in [2.45, 2.75) is 32.8 Å². The zero-order chi connectivity index (χ0) is 18.5. The number of amides is 1. The predicted molar refractivity (Wildman–Crippen MR) is 96.9 cm³/mol. The summed E-state index contributed by atoms with van der Waals surface area (Å²) < 4.78 is 16.2. The second kappa shape index (κ2) is 8.08. The van der Waals surface area contributed by atoms with Crippen LogP contribution in [0.3, 0.4) is 0 Å². The molecule has 3 rings (SSSR count). The van der Waals surface area contributed by atoms with Crippen LogP contribution in [0.2, 0.25) is 0 Å². The van der Waals surface area contributed by atoms with Gasteiger partial charge in [0.1, 0.15) is 23.4 Å². The van der Waals surface area contributed by atoms with Gasteiger partial charge in [-0.3, -0.25) is 4.79 Å². The SMILES string of the molecule is CCOc1ccc(C(=O)N2CCC(Oc3cc(C)oc(=O)c3)CC2)cc1. The lowest BCUT2D eigenvalue weighted by Crippen LogP contribution is -2.41. The first-order valence-electron chi connectivity index (χ1n) is 8.85. The van der Waals surface area contributed by atoms with Gasteiger partial charge in [-0.05, 0) is 38.1 Å². The predicted octanol–water partition coefficient (Wildman–Crippen LogP) is 3.03. The summed E-state index contributed by atoms with van der Waals surface area (Å²) >= 11 is 0. The van der Waals surface area contributed by atoms with E-state index in [1.165, 1.54) is 6.07 Å². The minimum absolute atomic E-state index is 0.0134. The smallest absolute Gasteiger partial charge is 0.339 e. The molecule has 138 valence electrons. The number of carbonyl (C=O) groups excluding carboxylic acids is 1. The number of likely N-dealkylation sites (tertiary alicyclic amines) is 1. The highest BCUT2D eigenvalue weighted by Crippen LogP contribution is 2.21. The molecule has 1 aromatic heterocycles. The lowest BCUT2D eigenvalue weighted by atomic mass is 10.1. The van der Waals surface area contributed by atoms with E-state index in [4.69, 9.17) is 13.9 Å². The Labute approximate surface area is 152 Å². The molecule has 1 saturated heterocycles. The first-order valence-corrected chi connectivity index (χ1v) is 8.85. The van der Waals surface area contributed by atoms with Gasteiger partial charge in [-0.15, -0.1) is 0 Å². The Morgan fingerprint density at radius 3 is 2.46 bits per heavy atom. The summed E-state index contributed by atoms with van der Waals surface area (Å²) in [6.07, 6.45) is 1.44. The number of piperidine rings is 1. The number of ether oxygens (including phenoxy) is 2. The van der Waals surface area contributed by atoms with E-state index < -0.39 is 5.63 Å². The fourth-order valence-electron chi connectivity index (χ4n) is 3.06. The van der Waals surface area contributed by atoms with Crippen molar-refractivity contribution >= 4 is 5.91 Å². The van der Waals surface area contributed by atoms with Crippen LogP contribution in [0.1, 0.15) is 35.9 Å². The number of carbonyl (C=O) groups is 1. The summed E-state index contributed by atoms with van der Waals surface area (Å²) in [5.41, 5.74) is 0.243. The van der Waals surface area contributed by atoms with Gasteiger partial charge in [0.2, 0.25) is 0 Å². The zero-order valence-electron chi connectivity index (χ0n) is 15.1. The van der Waals surface area contributed by atoms with Crippen molar-refractivity contribution in [3.05, 3.63) is 58.1 Å². The summed E-state index contributed by atoms with van der Waals surface area (Å²) in [5.74, 6) is 1.83. The molecule has 1 amide bonds. The Balaban J connectivity index is 1.55. The van der Waals surface area contributed by atoms with Gasteiger partial charge < -0.3 is 18.8 Å². The first-order chi connectivity index (χ1) is 12.5. The molecule has 6 heteroatoms. The van der Waals surface area contributed by atoms with Crippen molar-refractivity contribution in [3.63, 3.8) is 0 Å². The highest BCUT2D eigenvalue weighted by Gasteiger charge is 2.25. The lowest BCUT2D eigenvalue weighted by molar-refractivity contribution is 0.0594. The van der Waals surface area contributed by atoms with E-state index >= 15 is 0 Å². The molecule has 0 saturated carbocycles. The third-order valence-corrected chi connectivity index (χ3v) is 4.31. The number of aryl methyl sites for hydroxylation is 1. The van der Waals surface area contributed by atoms with E-state index in [0.717, 1.165) is 18.6 Å². The fourth-order valence-corrected chi connectivity index (χ4v) is 3.06. The molecule has 0 N–H and O–H groups in total. The molecule has 0 aliphatic carbocycles. The van der Waals surface area contributed by atoms with Gasteiger partial charge in [0.15, 0.2) is 0 Å². The van der Waals surface area contributed by atoms with E-state index in [0.29, 0.717) is 36.8 Å². The maximum Gasteiger partial charge on any atom is 0.339 e. The fraction of sp³-hybridized carbons (Fsp3) is 0.400. The van der Waals surface area contributed by atoms with Gasteiger partial charge in [0.05, 0.1) is 12.7 Å². The summed E-state index contributed by atoms with van der Waals surface area (Å²) in [4.78, 5) is 25.9. The summed E-state index contributed by atoms with van der Waals surface area (Å²) in [5, 5.41) is 0. The Morgan fingerprint density at radius 2 is 1.85 bits per heavy atom. The number of nitrogens with zero attached hydrogens (tertiary/aromatic N) is 1. The summed E-state index contributed by atoms with van der Waals surface area (Å²) in [6, 6.07) is 10.3. The van der Waals surface area contributed by atoms with E-state index in [9.17, 15) is 9.59 Å². The van der Waals surface area contributed by atoms with Crippen LogP contribution >= 0.6 is 0 Å². The third kappa shape index (κ3) is 4.45. The molecule has 1 fully saturated rings. The Kier molecular flexibility index (Phi) is 5.61. The van der Waals surface area contributed by atoms with Crippen LogP contribution in [-0.4, -0.2) is 36.6 Å². The van der Waals surface area contributed by atoms with Gasteiger partial charge >= 0.3 is 5.63 Å². The number of hydrogen-bond acceptors (Lipinski definition) is 5. The Bertz CT molecular complexity index is 804. The quantitative estimate of drug-likeness (QED) is 0.823. The van der Waals surface area contributed by atoms with Gasteiger partial charge in [0.25, 0.3) is 5.91 Å². The van der Waals surface area contributed by atoms with Crippen LogP contribution in [0.4, 0.5) is 0 Å². The minimum Gasteiger partial charge on any atom is -0.494 e. The van der Waals surface area contributed by atoms with Gasteiger partial charge in [-0.25, -0.2) is 4.79 Å². The zero-order valence-corrected chi connectivity index (χ0v) is 15.1. The van der Waals surface area contributed by atoms with Crippen LogP contribution in [0.5, 0.6) is 11.5 Å². The molecule has 0 bridgehead atoms. The molecular weight excluding hydrogens is 334 g/mol. The number of benzene rings is 1. The van der Waals surface area contributed by atoms with E-state index in [-0.39, 0.29) is 12.0 Å². The molecule has 0 unspecified atom stereocenters. The molecule has 1 aliphatic rings. The number of rotatable bonds is 5. The maximum atomic E-state index is 12.6. The van der Waals surface area contributed by atoms with Crippen molar-refractivity contribution in [2.24, 2.45) is 0 Å². The van der Waals surface area contributed by atoms with Gasteiger partial charge in [-0.1, -0.05) is 0 Å². The van der Waals surface area contributed by atoms with E-state index in [2.05, 4.69) is 0 Å². The molecule has 1 aromatic carbocycles.